The van der Waals surface area contributed by atoms with E-state index in [1.807, 2.05) is 0 Å². The second-order valence-electron chi connectivity index (χ2n) is 3.69. The Kier molecular flexibility index (Phi) is 5.12. The molecule has 0 radical (unpaired) electrons. The summed E-state index contributed by atoms with van der Waals surface area (Å²) in [5, 5.41) is 0. The van der Waals surface area contributed by atoms with Crippen molar-refractivity contribution < 1.29 is 27.1 Å². The molecule has 18 heavy (non-hydrogen) atoms. The number of ether oxygens (including phenoxy) is 1. The van der Waals surface area contributed by atoms with Crippen LogP contribution >= 0.6 is 0 Å². The molecule has 1 rings (SSSR count). The number of carbonyl (C=O) groups excluding carboxylic acids is 1. The van der Waals surface area contributed by atoms with E-state index in [9.17, 15) is 22.4 Å². The van der Waals surface area contributed by atoms with E-state index < -0.39 is 18.8 Å². The third-order valence-electron chi connectivity index (χ3n) is 2.24. The smallest absolute Gasteiger partial charge is 0.419 e. The Hall–Kier alpha value is -1.59. The highest BCUT2D eigenvalue weighted by Crippen LogP contribution is 2.26. The van der Waals surface area contributed by atoms with Crippen molar-refractivity contribution in [1.29, 1.82) is 0 Å². The van der Waals surface area contributed by atoms with E-state index in [4.69, 9.17) is 4.74 Å². The standard InChI is InChI=1S/C12H12F4O2/c13-11(12(14,15)16)2-1-7-18-10-5-3-9(8-17)4-6-10/h3-6,8,11H,1-2,7H2. The summed E-state index contributed by atoms with van der Waals surface area (Å²) in [5.74, 6) is 0.433. The van der Waals surface area contributed by atoms with E-state index in [0.29, 0.717) is 17.6 Å². The molecule has 1 unspecified atom stereocenters. The highest BCUT2D eigenvalue weighted by molar-refractivity contribution is 5.74. The molecule has 1 aromatic carbocycles. The van der Waals surface area contributed by atoms with Gasteiger partial charge in [-0.05, 0) is 37.1 Å². The van der Waals surface area contributed by atoms with Gasteiger partial charge in [0.25, 0.3) is 0 Å². The zero-order valence-electron chi connectivity index (χ0n) is 9.41. The van der Waals surface area contributed by atoms with Crippen LogP contribution in [0.1, 0.15) is 23.2 Å². The maximum Gasteiger partial charge on any atom is 0.419 e. The Morgan fingerprint density at radius 1 is 1.22 bits per heavy atom. The molecule has 100 valence electrons. The van der Waals surface area contributed by atoms with Crippen molar-refractivity contribution >= 4 is 6.29 Å². The molecule has 0 N–H and O–H groups in total. The van der Waals surface area contributed by atoms with Crippen molar-refractivity contribution in [3.05, 3.63) is 29.8 Å². The highest BCUT2D eigenvalue weighted by atomic mass is 19.4. The molecule has 1 atom stereocenters. The van der Waals surface area contributed by atoms with Crippen LogP contribution in [0.2, 0.25) is 0 Å². The molecule has 0 saturated heterocycles. The Balaban J connectivity index is 2.27. The predicted molar refractivity (Wildman–Crippen MR) is 57.5 cm³/mol. The number of hydrogen-bond donors (Lipinski definition) is 0. The van der Waals surface area contributed by atoms with Crippen molar-refractivity contribution in [2.75, 3.05) is 6.61 Å². The Morgan fingerprint density at radius 2 is 1.83 bits per heavy atom. The fourth-order valence-electron chi connectivity index (χ4n) is 1.26. The summed E-state index contributed by atoms with van der Waals surface area (Å²) >= 11 is 0. The first kappa shape index (κ1) is 14.5. The first-order valence-corrected chi connectivity index (χ1v) is 5.32. The molecule has 0 heterocycles. The minimum absolute atomic E-state index is 0.00304. The monoisotopic (exact) mass is 264 g/mol. The zero-order chi connectivity index (χ0) is 13.6. The summed E-state index contributed by atoms with van der Waals surface area (Å²) in [6.45, 7) is -0.00304. The third kappa shape index (κ3) is 4.73. The van der Waals surface area contributed by atoms with Crippen LogP contribution in [0.25, 0.3) is 0 Å². The average Bonchev–Trinajstić information content (AvgIpc) is 2.34. The first-order chi connectivity index (χ1) is 8.43. The fourth-order valence-corrected chi connectivity index (χ4v) is 1.26. The molecule has 2 nitrogen and oxygen atoms in total. The quantitative estimate of drug-likeness (QED) is 0.446. The van der Waals surface area contributed by atoms with Crippen LogP contribution in [0, 0.1) is 0 Å². The molecule has 0 spiro atoms. The number of rotatable bonds is 6. The van der Waals surface area contributed by atoms with Gasteiger partial charge in [0, 0.05) is 5.56 Å². The van der Waals surface area contributed by atoms with Crippen LogP contribution in [-0.4, -0.2) is 25.2 Å². The van der Waals surface area contributed by atoms with Gasteiger partial charge in [0.1, 0.15) is 12.0 Å². The van der Waals surface area contributed by atoms with Crippen LogP contribution < -0.4 is 4.74 Å². The van der Waals surface area contributed by atoms with Crippen LogP contribution in [0.5, 0.6) is 5.75 Å². The van der Waals surface area contributed by atoms with Gasteiger partial charge in [-0.15, -0.1) is 0 Å². The minimum Gasteiger partial charge on any atom is -0.494 e. The first-order valence-electron chi connectivity index (χ1n) is 5.32. The second kappa shape index (κ2) is 6.37. The lowest BCUT2D eigenvalue weighted by Crippen LogP contribution is -2.24. The molecule has 0 fully saturated rings. The highest BCUT2D eigenvalue weighted by Gasteiger charge is 2.39. The van der Waals surface area contributed by atoms with Crippen LogP contribution in [-0.2, 0) is 0 Å². The van der Waals surface area contributed by atoms with Crippen molar-refractivity contribution in [2.24, 2.45) is 0 Å². The predicted octanol–water partition coefficient (Wildman–Crippen LogP) is 3.56. The van der Waals surface area contributed by atoms with E-state index in [1.54, 1.807) is 0 Å². The van der Waals surface area contributed by atoms with E-state index in [-0.39, 0.29) is 13.0 Å². The van der Waals surface area contributed by atoms with Gasteiger partial charge >= 0.3 is 6.18 Å². The number of hydrogen-bond acceptors (Lipinski definition) is 2. The summed E-state index contributed by atoms with van der Waals surface area (Å²) in [4.78, 5) is 10.4. The van der Waals surface area contributed by atoms with Gasteiger partial charge < -0.3 is 4.74 Å². The molecular formula is C12H12F4O2. The summed E-state index contributed by atoms with van der Waals surface area (Å²) in [6.07, 6.45) is -7.59. The molecule has 0 aliphatic carbocycles. The molecule has 0 bridgehead atoms. The average molecular weight is 264 g/mol. The summed E-state index contributed by atoms with van der Waals surface area (Å²) in [6, 6.07) is 6.10. The van der Waals surface area contributed by atoms with Crippen molar-refractivity contribution in [1.82, 2.24) is 0 Å². The maximum absolute atomic E-state index is 12.5. The summed E-state index contributed by atoms with van der Waals surface area (Å²) < 4.78 is 53.1. The molecule has 1 aromatic rings. The van der Waals surface area contributed by atoms with Gasteiger partial charge in [-0.1, -0.05) is 0 Å². The Morgan fingerprint density at radius 3 is 2.33 bits per heavy atom. The topological polar surface area (TPSA) is 26.3 Å². The lowest BCUT2D eigenvalue weighted by molar-refractivity contribution is -0.182. The molecule has 0 aliphatic rings. The Labute approximate surface area is 102 Å². The van der Waals surface area contributed by atoms with Gasteiger partial charge in [-0.25, -0.2) is 4.39 Å². The van der Waals surface area contributed by atoms with Gasteiger partial charge in [-0.2, -0.15) is 13.2 Å². The number of halogens is 4. The van der Waals surface area contributed by atoms with E-state index >= 15 is 0 Å². The molecule has 6 heteroatoms. The SMILES string of the molecule is O=Cc1ccc(OCCCC(F)C(F)(F)F)cc1. The van der Waals surface area contributed by atoms with Crippen LogP contribution in [0.4, 0.5) is 17.6 Å². The molecule has 0 saturated carbocycles. The second-order valence-corrected chi connectivity index (χ2v) is 3.69. The van der Waals surface area contributed by atoms with Gasteiger partial charge in [0.15, 0.2) is 6.17 Å². The molecule has 0 amide bonds. The van der Waals surface area contributed by atoms with Crippen LogP contribution in [0.3, 0.4) is 0 Å². The Bertz CT molecular complexity index is 373. The van der Waals surface area contributed by atoms with Gasteiger partial charge in [0.05, 0.1) is 6.61 Å². The molecule has 0 aromatic heterocycles. The van der Waals surface area contributed by atoms with E-state index in [2.05, 4.69) is 0 Å². The van der Waals surface area contributed by atoms with Crippen molar-refractivity contribution in [2.45, 2.75) is 25.2 Å². The number of alkyl halides is 4. The normalized spacial score (nSPS) is 13.1. The minimum atomic E-state index is -4.80. The third-order valence-corrected chi connectivity index (χ3v) is 2.24. The molecular weight excluding hydrogens is 252 g/mol. The summed E-state index contributed by atoms with van der Waals surface area (Å²) in [5.41, 5.74) is 0.475. The largest absolute Gasteiger partial charge is 0.494 e. The number of benzene rings is 1. The van der Waals surface area contributed by atoms with Gasteiger partial charge in [-0.3, -0.25) is 4.79 Å². The van der Waals surface area contributed by atoms with E-state index in [0.717, 1.165) is 0 Å². The van der Waals surface area contributed by atoms with Crippen molar-refractivity contribution in [3.63, 3.8) is 0 Å². The molecule has 0 aliphatic heterocycles. The lowest BCUT2D eigenvalue weighted by Gasteiger charge is -2.12. The van der Waals surface area contributed by atoms with Crippen molar-refractivity contribution in [3.8, 4) is 5.75 Å². The number of aldehydes is 1. The number of carbonyl (C=O) groups is 1. The fraction of sp³-hybridized carbons (Fsp3) is 0.417. The summed E-state index contributed by atoms with van der Waals surface area (Å²) in [7, 11) is 0. The zero-order valence-corrected chi connectivity index (χ0v) is 9.41. The van der Waals surface area contributed by atoms with E-state index in [1.165, 1.54) is 24.3 Å². The maximum atomic E-state index is 12.5. The van der Waals surface area contributed by atoms with Crippen LogP contribution in [0.15, 0.2) is 24.3 Å². The van der Waals surface area contributed by atoms with Gasteiger partial charge in [0.2, 0.25) is 0 Å². The lowest BCUT2D eigenvalue weighted by atomic mass is 10.2.